The van der Waals surface area contributed by atoms with Crippen LogP contribution in [0.4, 0.5) is 20.2 Å². The first-order valence-corrected chi connectivity index (χ1v) is 17.4. The second-order valence-electron chi connectivity index (χ2n) is 11.7. The van der Waals surface area contributed by atoms with Gasteiger partial charge in [0.15, 0.2) is 0 Å². The molecule has 11 heteroatoms. The Hall–Kier alpha value is -1.81. The molecule has 0 atom stereocenters. The van der Waals surface area contributed by atoms with Crippen molar-refractivity contribution in [1.29, 1.82) is 0 Å². The summed E-state index contributed by atoms with van der Waals surface area (Å²) in [7, 11) is 0. The van der Waals surface area contributed by atoms with Crippen LogP contribution in [0.3, 0.4) is 0 Å². The molecule has 3 fully saturated rings. The van der Waals surface area contributed by atoms with Crippen LogP contribution in [0, 0.1) is 20.7 Å². The summed E-state index contributed by atoms with van der Waals surface area (Å²) in [6.07, 6.45) is 13.0. The van der Waals surface area contributed by atoms with Crippen LogP contribution in [0.15, 0.2) is 36.7 Å². The number of fused-ring (bicyclic) bond motifs is 2. The second-order valence-corrected chi connectivity index (χ2v) is 14.3. The summed E-state index contributed by atoms with van der Waals surface area (Å²) in [5.41, 5.74) is 7.80. The normalized spacial score (nSPS) is 16.7. The first-order valence-electron chi connectivity index (χ1n) is 15.2. The van der Waals surface area contributed by atoms with Gasteiger partial charge in [0, 0.05) is 22.1 Å². The molecule has 0 spiro atoms. The van der Waals surface area contributed by atoms with Crippen molar-refractivity contribution >= 4 is 85.0 Å². The predicted molar refractivity (Wildman–Crippen MR) is 183 cm³/mol. The molecule has 2 aromatic heterocycles. The Morgan fingerprint density at radius 1 is 0.864 bits per heavy atom. The predicted octanol–water partition coefficient (Wildman–Crippen LogP) is 10.7. The molecule has 44 heavy (non-hydrogen) atoms. The molecular weight excluding hydrogens is 676 g/mol. The first kappa shape index (κ1) is 33.6. The monoisotopic (exact) mass is 711 g/mol. The molecular formula is C33H36Cl2F2N4S2V. The van der Waals surface area contributed by atoms with Gasteiger partial charge < -0.3 is 10.3 Å². The van der Waals surface area contributed by atoms with Gasteiger partial charge in [-0.05, 0) is 25.0 Å². The number of hydrogen-bond donors (Lipinski definition) is 1. The van der Waals surface area contributed by atoms with E-state index < -0.39 is 5.82 Å². The van der Waals surface area contributed by atoms with Crippen molar-refractivity contribution in [2.75, 3.05) is 23.7 Å². The molecule has 0 unspecified atom stereocenters. The van der Waals surface area contributed by atoms with Crippen molar-refractivity contribution in [1.82, 2.24) is 9.13 Å². The third kappa shape index (κ3) is 7.11. The molecule has 4 nitrogen and oxygen atoms in total. The zero-order valence-corrected chi connectivity index (χ0v) is 29.4. The van der Waals surface area contributed by atoms with Crippen LogP contribution in [0.1, 0.15) is 77.3 Å². The Labute approximate surface area is 286 Å². The fourth-order valence-corrected chi connectivity index (χ4v) is 7.18. The van der Waals surface area contributed by atoms with Crippen LogP contribution in [0.25, 0.3) is 21.8 Å². The van der Waals surface area contributed by atoms with Crippen molar-refractivity contribution in [2.24, 2.45) is 0 Å². The Bertz CT molecular complexity index is 1850. The molecule has 233 valence electrons. The average molecular weight is 713 g/mol. The van der Waals surface area contributed by atoms with E-state index in [4.69, 9.17) is 53.4 Å². The molecule has 7 rings (SSSR count). The van der Waals surface area contributed by atoms with Gasteiger partial charge in [0.1, 0.15) is 5.82 Å². The van der Waals surface area contributed by atoms with Gasteiger partial charge in [0.05, 0.1) is 16.2 Å². The van der Waals surface area contributed by atoms with Gasteiger partial charge in [0.25, 0.3) is 0 Å². The molecule has 0 amide bonds. The van der Waals surface area contributed by atoms with Gasteiger partial charge in [-0.1, -0.05) is 44.1 Å². The minimum absolute atomic E-state index is 0.00540. The van der Waals surface area contributed by atoms with E-state index in [-0.39, 0.29) is 16.5 Å². The molecule has 0 bridgehead atoms. The van der Waals surface area contributed by atoms with Crippen LogP contribution in [-0.4, -0.2) is 26.5 Å². The minimum Gasteiger partial charge on any atom is -0.395 e. The minimum atomic E-state index is -0.512. The Kier molecular flexibility index (Phi) is 10.9. The number of aromatic nitrogens is 2. The van der Waals surface area contributed by atoms with Gasteiger partial charge in [0.2, 0.25) is 0 Å². The Morgan fingerprint density at radius 3 is 1.89 bits per heavy atom. The zero-order chi connectivity index (χ0) is 31.7. The summed E-state index contributed by atoms with van der Waals surface area (Å²) < 4.78 is 35.3. The number of pyridine rings is 2. The number of hydrogen-bond acceptors (Lipinski definition) is 4. The number of halogens is 4. The SMILES string of the molecule is CCC.Fc1cc2c(=S)ccn(C3CC3)c2c(Cl)c1N1CCCC[C](=[V])C1.Nc1c(F)cc2c(=S)ccn(C3CC3)c2c1Cl. The van der Waals surface area contributed by atoms with Crippen molar-refractivity contribution in [2.45, 2.75) is 77.3 Å². The van der Waals surface area contributed by atoms with E-state index >= 15 is 0 Å². The van der Waals surface area contributed by atoms with Crippen molar-refractivity contribution in [3.8, 4) is 0 Å². The Morgan fingerprint density at radius 2 is 1.36 bits per heavy atom. The topological polar surface area (TPSA) is 39.1 Å². The molecule has 2 aromatic carbocycles. The molecule has 2 N–H and O–H groups in total. The van der Waals surface area contributed by atoms with Gasteiger partial charge in [-0.15, -0.1) is 0 Å². The quantitative estimate of drug-likeness (QED) is 0.170. The van der Waals surface area contributed by atoms with Gasteiger partial charge in [-0.25, -0.2) is 4.39 Å². The van der Waals surface area contributed by atoms with Crippen LogP contribution in [-0.2, 0) is 17.0 Å². The molecule has 2 aliphatic carbocycles. The summed E-state index contributed by atoms with van der Waals surface area (Å²) in [6.45, 7) is 5.83. The smallest absolute Gasteiger partial charge is 0.148 e. The molecule has 2 saturated carbocycles. The van der Waals surface area contributed by atoms with Gasteiger partial charge >= 0.3 is 160 Å². The average Bonchev–Trinajstić information content (AvgIpc) is 3.88. The zero-order valence-electron chi connectivity index (χ0n) is 24.9. The van der Waals surface area contributed by atoms with Crippen LogP contribution in [0.5, 0.6) is 0 Å². The maximum absolute atomic E-state index is 15.0. The fraction of sp³-hybridized carbons (Fsp3) is 0.424. The Balaban J connectivity index is 0.000000168. The largest absolute Gasteiger partial charge is 0.395 e. The molecule has 3 heterocycles. The number of nitrogens with zero attached hydrogens (tertiary/aromatic N) is 3. The number of rotatable bonds is 3. The van der Waals surface area contributed by atoms with E-state index in [2.05, 4.69) is 40.3 Å². The van der Waals surface area contributed by atoms with Crippen molar-refractivity contribution < 1.29 is 25.8 Å². The van der Waals surface area contributed by atoms with Gasteiger partial charge in [-0.2, -0.15) is 0 Å². The number of nitrogen functional groups attached to an aromatic ring is 1. The standard InChI is InChI=1S/C18H18ClFN2S.C12H10ClFN2S.C3H8.V/c19-16-17-13(15(23)7-10-22(17)12-5-6-12)11-14(20)18(16)21-8-3-1-2-4-9-21;13-10-11(15)8(14)5-7-9(17)3-4-16(12(7)10)6-1-2-6;1-3-2;/h7,10-12H,1-3,5-6,8-9H2;3-6H,1-2,15H2;3H2,1-2H3;. The third-order valence-electron chi connectivity index (χ3n) is 7.93. The summed E-state index contributed by atoms with van der Waals surface area (Å²) in [5, 5.41) is 2.17. The first-order chi connectivity index (χ1) is 21.1. The third-order valence-corrected chi connectivity index (χ3v) is 9.95. The van der Waals surface area contributed by atoms with E-state index in [1.807, 2.05) is 29.1 Å². The number of benzene rings is 2. The molecule has 4 aromatic rings. The molecule has 0 radical (unpaired) electrons. The number of nitrogens with two attached hydrogens (primary N) is 1. The summed E-state index contributed by atoms with van der Waals surface area (Å²) in [4.78, 5) is 2.09. The van der Waals surface area contributed by atoms with Crippen molar-refractivity contribution in [3.05, 3.63) is 67.4 Å². The van der Waals surface area contributed by atoms with E-state index in [9.17, 15) is 8.78 Å². The van der Waals surface area contributed by atoms with E-state index in [1.54, 1.807) is 6.07 Å². The van der Waals surface area contributed by atoms with Crippen LogP contribution >= 0.6 is 47.6 Å². The van der Waals surface area contributed by atoms with Crippen LogP contribution in [0.2, 0.25) is 10.0 Å². The second kappa shape index (κ2) is 14.3. The van der Waals surface area contributed by atoms with E-state index in [1.165, 1.54) is 16.7 Å². The molecule has 1 aliphatic heterocycles. The van der Waals surface area contributed by atoms with E-state index in [0.717, 1.165) is 74.5 Å². The maximum atomic E-state index is 15.0. The molecule has 1 saturated heterocycles. The summed E-state index contributed by atoms with van der Waals surface area (Å²) in [6, 6.07) is 7.54. The summed E-state index contributed by atoms with van der Waals surface area (Å²) >= 11 is 26.2. The van der Waals surface area contributed by atoms with E-state index in [0.29, 0.717) is 37.2 Å². The maximum Gasteiger partial charge on any atom is 0.148 e. The fourth-order valence-electron chi connectivity index (χ4n) is 5.53. The number of anilines is 2. The van der Waals surface area contributed by atoms with Crippen molar-refractivity contribution in [3.63, 3.8) is 0 Å². The molecule has 3 aliphatic rings. The summed E-state index contributed by atoms with van der Waals surface area (Å²) in [5.74, 6) is -0.781. The van der Waals surface area contributed by atoms with Gasteiger partial charge in [-0.3, -0.25) is 0 Å². The van der Waals surface area contributed by atoms with Crippen LogP contribution < -0.4 is 10.6 Å².